The molecule has 3 aromatic rings. The largest absolute Gasteiger partial charge is 0.492 e. The van der Waals surface area contributed by atoms with E-state index in [1.54, 1.807) is 18.2 Å². The van der Waals surface area contributed by atoms with E-state index in [4.69, 9.17) is 4.74 Å². The van der Waals surface area contributed by atoms with E-state index in [2.05, 4.69) is 40.7 Å². The number of carbonyl (C=O) groups excluding carboxylic acids is 1. The smallest absolute Gasteiger partial charge is 0.407 e. The summed E-state index contributed by atoms with van der Waals surface area (Å²) in [4.78, 5) is 31.7. The fraction of sp³-hybridized carbons (Fsp3) is 0.429. The van der Waals surface area contributed by atoms with Crippen LogP contribution < -0.4 is 14.8 Å². The van der Waals surface area contributed by atoms with Gasteiger partial charge >= 0.3 is 6.09 Å². The molecule has 2 aromatic carbocycles. The van der Waals surface area contributed by atoms with Gasteiger partial charge in [0, 0.05) is 37.6 Å². The van der Waals surface area contributed by atoms with E-state index in [1.165, 1.54) is 12.0 Å². The number of rotatable bonds is 9. The topological polar surface area (TPSA) is 144 Å². The minimum atomic E-state index is -3.58. The second kappa shape index (κ2) is 11.8. The zero-order chi connectivity index (χ0) is 29.2. The van der Waals surface area contributed by atoms with Crippen molar-refractivity contribution in [2.24, 2.45) is 5.92 Å². The Kier molecular flexibility index (Phi) is 8.59. The van der Waals surface area contributed by atoms with Gasteiger partial charge in [-0.25, -0.2) is 13.2 Å². The van der Waals surface area contributed by atoms with Gasteiger partial charge in [0.2, 0.25) is 10.0 Å². The van der Waals surface area contributed by atoms with Gasteiger partial charge in [-0.05, 0) is 48.6 Å². The maximum Gasteiger partial charge on any atom is 0.407 e. The molecular formula is C28H37N5O6S. The number of nitrogens with one attached hydrogen (secondary N) is 3. The number of aromatic amines is 1. The van der Waals surface area contributed by atoms with Crippen LogP contribution in [-0.2, 0) is 16.4 Å². The zero-order valence-electron chi connectivity index (χ0n) is 23.4. The Morgan fingerprint density at radius 3 is 2.35 bits per heavy atom. The fourth-order valence-corrected chi connectivity index (χ4v) is 5.75. The monoisotopic (exact) mass is 571 g/mol. The van der Waals surface area contributed by atoms with Crippen LogP contribution in [0.4, 0.5) is 16.2 Å². The Bertz CT molecular complexity index is 1510. The zero-order valence-corrected chi connectivity index (χ0v) is 24.3. The predicted octanol–water partition coefficient (Wildman–Crippen LogP) is 4.36. The number of hydrogen-bond acceptors (Lipinski definition) is 6. The number of H-pyrrole nitrogens is 1. The molecule has 11 nitrogen and oxygen atoms in total. The fourth-order valence-electron chi connectivity index (χ4n) is 5.20. The lowest BCUT2D eigenvalue weighted by molar-refractivity contribution is 0.0891. The molecule has 2 amide bonds. The molecule has 0 aliphatic carbocycles. The summed E-state index contributed by atoms with van der Waals surface area (Å²) in [6, 6.07) is 11.2. The first-order valence-electron chi connectivity index (χ1n) is 13.2. The van der Waals surface area contributed by atoms with Gasteiger partial charge in [0.25, 0.3) is 5.91 Å². The molecular weight excluding hydrogens is 534 g/mol. The number of nitrogens with zero attached hydrogens (tertiary/aromatic N) is 2. The highest BCUT2D eigenvalue weighted by molar-refractivity contribution is 7.92. The molecule has 40 heavy (non-hydrogen) atoms. The van der Waals surface area contributed by atoms with E-state index < -0.39 is 22.0 Å². The third-order valence-electron chi connectivity index (χ3n) is 7.06. The predicted molar refractivity (Wildman–Crippen MR) is 156 cm³/mol. The number of hydrogen-bond donors (Lipinski definition) is 4. The van der Waals surface area contributed by atoms with Gasteiger partial charge in [-0.3, -0.25) is 14.4 Å². The van der Waals surface area contributed by atoms with Crippen LogP contribution in [0, 0.1) is 5.92 Å². The van der Waals surface area contributed by atoms with E-state index in [-0.39, 0.29) is 17.5 Å². The quantitative estimate of drug-likeness (QED) is 0.299. The van der Waals surface area contributed by atoms with Gasteiger partial charge in [0.1, 0.15) is 5.69 Å². The van der Waals surface area contributed by atoms with Crippen LogP contribution in [0.2, 0.25) is 0 Å². The molecule has 4 rings (SSSR count). The molecule has 0 radical (unpaired) electrons. The molecule has 0 bridgehead atoms. The van der Waals surface area contributed by atoms with Crippen molar-refractivity contribution in [3.8, 4) is 5.75 Å². The van der Waals surface area contributed by atoms with E-state index in [1.807, 2.05) is 18.2 Å². The summed E-state index contributed by atoms with van der Waals surface area (Å²) in [5.74, 6) is 0.136. The molecule has 2 heterocycles. The van der Waals surface area contributed by atoms with E-state index >= 15 is 0 Å². The first kappa shape index (κ1) is 29.2. The van der Waals surface area contributed by atoms with Crippen molar-refractivity contribution in [1.82, 2.24) is 14.8 Å². The van der Waals surface area contributed by atoms with E-state index in [0.29, 0.717) is 49.9 Å². The molecule has 1 fully saturated rings. The number of carbonyl (C=O) groups is 2. The van der Waals surface area contributed by atoms with Crippen LogP contribution >= 0.6 is 0 Å². The van der Waals surface area contributed by atoms with Crippen molar-refractivity contribution >= 4 is 44.3 Å². The molecule has 0 spiro atoms. The molecule has 4 N–H and O–H groups in total. The molecule has 0 saturated carbocycles. The summed E-state index contributed by atoms with van der Waals surface area (Å²) in [7, 11) is -2.16. The molecule has 1 aromatic heterocycles. The summed E-state index contributed by atoms with van der Waals surface area (Å²) in [6.45, 7) is 8.32. The average Bonchev–Trinajstić information content (AvgIpc) is 3.32. The van der Waals surface area contributed by atoms with Crippen molar-refractivity contribution in [2.75, 3.05) is 49.6 Å². The number of sulfonamides is 1. The van der Waals surface area contributed by atoms with Crippen LogP contribution in [0.1, 0.15) is 48.4 Å². The first-order valence-corrected chi connectivity index (χ1v) is 15.1. The van der Waals surface area contributed by atoms with Crippen LogP contribution in [0.15, 0.2) is 36.4 Å². The summed E-state index contributed by atoms with van der Waals surface area (Å²) in [5.41, 5.74) is 3.67. The number of fused-ring (bicyclic) bond motifs is 1. The maximum atomic E-state index is 13.5. The van der Waals surface area contributed by atoms with E-state index in [9.17, 15) is 23.1 Å². The maximum absolute atomic E-state index is 13.5. The Labute approximate surface area is 234 Å². The highest BCUT2D eigenvalue weighted by atomic mass is 32.2. The molecule has 1 aliphatic heterocycles. The summed E-state index contributed by atoms with van der Waals surface area (Å²) < 4.78 is 32.0. The number of para-hydroxylation sites is 1. The molecule has 1 unspecified atom stereocenters. The second-order valence-corrected chi connectivity index (χ2v) is 12.4. The van der Waals surface area contributed by atoms with Crippen molar-refractivity contribution in [3.63, 3.8) is 0 Å². The third-order valence-corrected chi connectivity index (χ3v) is 7.65. The average molecular weight is 572 g/mol. The van der Waals surface area contributed by atoms with Crippen LogP contribution in [-0.4, -0.2) is 79.9 Å². The molecule has 1 saturated heterocycles. The number of ether oxygens (including phenoxy) is 1. The minimum absolute atomic E-state index is 0.00615. The van der Waals surface area contributed by atoms with E-state index in [0.717, 1.165) is 28.3 Å². The van der Waals surface area contributed by atoms with Gasteiger partial charge < -0.3 is 25.0 Å². The molecule has 216 valence electrons. The highest BCUT2D eigenvalue weighted by Crippen LogP contribution is 2.37. The number of benzene rings is 2. The van der Waals surface area contributed by atoms with Crippen molar-refractivity contribution in [3.05, 3.63) is 53.2 Å². The third kappa shape index (κ3) is 6.68. The number of amides is 2. The minimum Gasteiger partial charge on any atom is -0.492 e. The van der Waals surface area contributed by atoms with Crippen LogP contribution in [0.25, 0.3) is 10.9 Å². The Balaban J connectivity index is 1.63. The van der Waals surface area contributed by atoms with Gasteiger partial charge in [-0.15, -0.1) is 0 Å². The highest BCUT2D eigenvalue weighted by Gasteiger charge is 2.26. The SMILES string of the molecule is COc1c(NC(=O)c2cc3cccc(C(C)N4CCN(C(=O)O)CC4)c3[nH]2)cc(CC(C)C)cc1NS(C)(=O)=O. The van der Waals surface area contributed by atoms with Crippen molar-refractivity contribution in [2.45, 2.75) is 33.2 Å². The molecule has 1 aliphatic rings. The number of carboxylic acid groups (broad SMARTS) is 1. The van der Waals surface area contributed by atoms with Gasteiger partial charge in [0.15, 0.2) is 5.75 Å². The first-order chi connectivity index (χ1) is 18.9. The lowest BCUT2D eigenvalue weighted by atomic mass is 10.0. The molecule has 12 heteroatoms. The molecule has 1 atom stereocenters. The number of anilines is 2. The van der Waals surface area contributed by atoms with Gasteiger partial charge in [-0.1, -0.05) is 32.0 Å². The second-order valence-electron chi connectivity index (χ2n) is 10.6. The number of piperazine rings is 1. The lowest BCUT2D eigenvalue weighted by Crippen LogP contribution is -2.48. The van der Waals surface area contributed by atoms with Crippen molar-refractivity contribution in [1.29, 1.82) is 0 Å². The summed E-state index contributed by atoms with van der Waals surface area (Å²) in [6.07, 6.45) is 0.842. The van der Waals surface area contributed by atoms with Crippen LogP contribution in [0.3, 0.4) is 0 Å². The Morgan fingerprint density at radius 2 is 1.75 bits per heavy atom. The van der Waals surface area contributed by atoms with Crippen LogP contribution in [0.5, 0.6) is 5.75 Å². The lowest BCUT2D eigenvalue weighted by Gasteiger charge is -2.37. The number of aromatic nitrogens is 1. The summed E-state index contributed by atoms with van der Waals surface area (Å²) in [5, 5.41) is 13.0. The van der Waals surface area contributed by atoms with Gasteiger partial charge in [-0.2, -0.15) is 0 Å². The standard InChI is InChI=1S/C28H37N5O6S/c1-17(2)13-19-14-22(26(39-4)23(15-19)31-40(5,37)38)30-27(34)24-16-20-7-6-8-21(25(20)29-24)18(3)32-9-11-33(12-10-32)28(35)36/h6-8,14-18,29,31H,9-13H2,1-5H3,(H,30,34)(H,35,36). The Hall–Kier alpha value is -3.77. The van der Waals surface area contributed by atoms with Crippen molar-refractivity contribution < 1.29 is 27.9 Å². The summed E-state index contributed by atoms with van der Waals surface area (Å²) >= 11 is 0. The van der Waals surface area contributed by atoms with Gasteiger partial charge in [0.05, 0.1) is 30.3 Å². The number of methoxy groups -OCH3 is 1. The Morgan fingerprint density at radius 1 is 1.07 bits per heavy atom. The normalized spacial score (nSPS) is 15.3.